The second-order valence-corrected chi connectivity index (χ2v) is 3.08. The predicted octanol–water partition coefficient (Wildman–Crippen LogP) is 1.000. The third-order valence-corrected chi connectivity index (χ3v) is 1.83. The molecule has 1 rings (SSSR count). The summed E-state index contributed by atoms with van der Waals surface area (Å²) >= 11 is 0. The number of aromatic nitrogens is 2. The van der Waals surface area contributed by atoms with Crippen molar-refractivity contribution in [2.24, 2.45) is 7.05 Å². The third-order valence-electron chi connectivity index (χ3n) is 1.83. The number of hydrogen-bond acceptors (Lipinski definition) is 2. The highest BCUT2D eigenvalue weighted by Gasteiger charge is 2.07. The molecule has 0 fully saturated rings. The first kappa shape index (κ1) is 9.77. The lowest BCUT2D eigenvalue weighted by molar-refractivity contribution is -0.136. The number of carbonyl (C=O) groups is 1. The zero-order chi connectivity index (χ0) is 9.84. The van der Waals surface area contributed by atoms with Gasteiger partial charge < -0.3 is 9.67 Å². The lowest BCUT2D eigenvalue weighted by Gasteiger charge is -1.95. The summed E-state index contributed by atoms with van der Waals surface area (Å²) < 4.78 is 1.89. The molecule has 1 heterocycles. The van der Waals surface area contributed by atoms with Crippen LogP contribution in [0.4, 0.5) is 0 Å². The van der Waals surface area contributed by atoms with Crippen molar-refractivity contribution in [1.82, 2.24) is 9.55 Å². The van der Waals surface area contributed by atoms with Crippen LogP contribution in [0.3, 0.4) is 0 Å². The first-order valence-corrected chi connectivity index (χ1v) is 4.36. The zero-order valence-corrected chi connectivity index (χ0v) is 7.95. The number of rotatable bonds is 4. The van der Waals surface area contributed by atoms with Gasteiger partial charge in [0, 0.05) is 19.7 Å². The summed E-state index contributed by atoms with van der Waals surface area (Å²) in [4.78, 5) is 14.6. The number of aryl methyl sites for hydroxylation is 2. The molecule has 0 unspecified atom stereocenters. The molecule has 4 nitrogen and oxygen atoms in total. The van der Waals surface area contributed by atoms with Gasteiger partial charge in [-0.2, -0.15) is 0 Å². The van der Waals surface area contributed by atoms with Gasteiger partial charge in [-0.25, -0.2) is 4.98 Å². The van der Waals surface area contributed by atoms with Crippen LogP contribution in [0, 0.1) is 0 Å². The van der Waals surface area contributed by atoms with E-state index in [0.717, 1.165) is 18.7 Å². The van der Waals surface area contributed by atoms with E-state index < -0.39 is 5.97 Å². The maximum Gasteiger partial charge on any atom is 0.309 e. The van der Waals surface area contributed by atoms with E-state index in [1.54, 1.807) is 6.20 Å². The van der Waals surface area contributed by atoms with Gasteiger partial charge in [-0.1, -0.05) is 6.92 Å². The van der Waals surface area contributed by atoms with Gasteiger partial charge in [0.25, 0.3) is 0 Å². The zero-order valence-electron chi connectivity index (χ0n) is 7.95. The molecule has 0 amide bonds. The van der Waals surface area contributed by atoms with Gasteiger partial charge >= 0.3 is 5.97 Å². The highest BCUT2D eigenvalue weighted by Crippen LogP contribution is 2.04. The molecule has 0 aromatic carbocycles. The van der Waals surface area contributed by atoms with Crippen LogP contribution in [0.15, 0.2) is 6.20 Å². The third kappa shape index (κ3) is 2.57. The number of imidazole rings is 1. The largest absolute Gasteiger partial charge is 0.481 e. The second-order valence-electron chi connectivity index (χ2n) is 3.08. The van der Waals surface area contributed by atoms with Crippen molar-refractivity contribution in [3.63, 3.8) is 0 Å². The SMILES string of the molecule is CCCc1nc(CC(=O)O)cn1C. The molecule has 4 heteroatoms. The summed E-state index contributed by atoms with van der Waals surface area (Å²) in [6.45, 7) is 2.07. The second kappa shape index (κ2) is 4.07. The minimum atomic E-state index is -0.832. The molecule has 13 heavy (non-hydrogen) atoms. The summed E-state index contributed by atoms with van der Waals surface area (Å²) in [6.07, 6.45) is 3.71. The van der Waals surface area contributed by atoms with E-state index in [1.807, 2.05) is 11.6 Å². The Morgan fingerprint density at radius 2 is 2.38 bits per heavy atom. The lowest BCUT2D eigenvalue weighted by Crippen LogP contribution is -2.00. The van der Waals surface area contributed by atoms with E-state index in [4.69, 9.17) is 5.11 Å². The van der Waals surface area contributed by atoms with Crippen molar-refractivity contribution in [3.05, 3.63) is 17.7 Å². The maximum atomic E-state index is 10.4. The van der Waals surface area contributed by atoms with Crippen molar-refractivity contribution in [2.75, 3.05) is 0 Å². The molecule has 0 bridgehead atoms. The van der Waals surface area contributed by atoms with Crippen LogP contribution in [0.25, 0.3) is 0 Å². The monoisotopic (exact) mass is 182 g/mol. The van der Waals surface area contributed by atoms with Crippen LogP contribution in [0.2, 0.25) is 0 Å². The highest BCUT2D eigenvalue weighted by molar-refractivity contribution is 5.69. The van der Waals surface area contributed by atoms with Crippen molar-refractivity contribution in [3.8, 4) is 0 Å². The summed E-state index contributed by atoms with van der Waals surface area (Å²) in [5.74, 6) is 0.125. The Kier molecular flexibility index (Phi) is 3.06. The van der Waals surface area contributed by atoms with Crippen LogP contribution < -0.4 is 0 Å². The molecule has 0 atom stereocenters. The minimum absolute atomic E-state index is 0.0115. The summed E-state index contributed by atoms with van der Waals surface area (Å²) in [5, 5.41) is 8.55. The minimum Gasteiger partial charge on any atom is -0.481 e. The molecule has 72 valence electrons. The Morgan fingerprint density at radius 3 is 2.92 bits per heavy atom. The molecular weight excluding hydrogens is 168 g/mol. The van der Waals surface area contributed by atoms with Crippen molar-refractivity contribution >= 4 is 5.97 Å². The van der Waals surface area contributed by atoms with Gasteiger partial charge in [-0.05, 0) is 6.42 Å². The fourth-order valence-electron chi connectivity index (χ4n) is 1.27. The van der Waals surface area contributed by atoms with Crippen LogP contribution in [-0.2, 0) is 24.7 Å². The molecule has 0 aliphatic heterocycles. The topological polar surface area (TPSA) is 55.1 Å². The van der Waals surface area contributed by atoms with Gasteiger partial charge in [0.2, 0.25) is 0 Å². The fraction of sp³-hybridized carbons (Fsp3) is 0.556. The van der Waals surface area contributed by atoms with Crippen LogP contribution in [0.1, 0.15) is 24.9 Å². The van der Waals surface area contributed by atoms with Gasteiger partial charge in [-0.15, -0.1) is 0 Å². The average molecular weight is 182 g/mol. The Bertz CT molecular complexity index is 305. The van der Waals surface area contributed by atoms with Gasteiger partial charge in [0.05, 0.1) is 12.1 Å². The quantitative estimate of drug-likeness (QED) is 0.755. The first-order chi connectivity index (χ1) is 6.13. The van der Waals surface area contributed by atoms with Crippen molar-refractivity contribution < 1.29 is 9.90 Å². The Hall–Kier alpha value is -1.32. The summed E-state index contributed by atoms with van der Waals surface area (Å²) in [6, 6.07) is 0. The normalized spacial score (nSPS) is 10.3. The number of hydrogen-bond donors (Lipinski definition) is 1. The predicted molar refractivity (Wildman–Crippen MR) is 48.5 cm³/mol. The number of carboxylic acid groups (broad SMARTS) is 1. The molecule has 0 saturated carbocycles. The molecule has 0 spiro atoms. The number of carboxylic acids is 1. The summed E-state index contributed by atoms with van der Waals surface area (Å²) in [7, 11) is 1.89. The molecule has 0 saturated heterocycles. The standard InChI is InChI=1S/C9H14N2O2/c1-3-4-8-10-7(5-9(12)13)6-11(8)2/h6H,3-5H2,1-2H3,(H,12,13). The Labute approximate surface area is 77.2 Å². The molecule has 0 radical (unpaired) electrons. The average Bonchev–Trinajstić information content (AvgIpc) is 2.31. The van der Waals surface area contributed by atoms with Crippen LogP contribution >= 0.6 is 0 Å². The van der Waals surface area contributed by atoms with Crippen LogP contribution in [-0.4, -0.2) is 20.6 Å². The summed E-state index contributed by atoms with van der Waals surface area (Å²) in [5.41, 5.74) is 0.637. The molecule has 0 aliphatic rings. The fourth-order valence-corrected chi connectivity index (χ4v) is 1.27. The molecule has 1 N–H and O–H groups in total. The molecule has 1 aromatic rings. The van der Waals surface area contributed by atoms with Crippen LogP contribution in [0.5, 0.6) is 0 Å². The van der Waals surface area contributed by atoms with Gasteiger partial charge in [-0.3, -0.25) is 4.79 Å². The number of aliphatic carboxylic acids is 1. The van der Waals surface area contributed by atoms with E-state index >= 15 is 0 Å². The Morgan fingerprint density at radius 1 is 1.69 bits per heavy atom. The first-order valence-electron chi connectivity index (χ1n) is 4.36. The van der Waals surface area contributed by atoms with Gasteiger partial charge in [0.15, 0.2) is 0 Å². The van der Waals surface area contributed by atoms with E-state index in [0.29, 0.717) is 5.69 Å². The van der Waals surface area contributed by atoms with Crippen molar-refractivity contribution in [1.29, 1.82) is 0 Å². The molecular formula is C9H14N2O2. The van der Waals surface area contributed by atoms with E-state index in [-0.39, 0.29) is 6.42 Å². The maximum absolute atomic E-state index is 10.4. The highest BCUT2D eigenvalue weighted by atomic mass is 16.4. The van der Waals surface area contributed by atoms with Crippen molar-refractivity contribution in [2.45, 2.75) is 26.2 Å². The molecule has 0 aliphatic carbocycles. The number of nitrogens with zero attached hydrogens (tertiary/aromatic N) is 2. The van der Waals surface area contributed by atoms with E-state index in [9.17, 15) is 4.79 Å². The smallest absolute Gasteiger partial charge is 0.309 e. The van der Waals surface area contributed by atoms with E-state index in [2.05, 4.69) is 11.9 Å². The lowest BCUT2D eigenvalue weighted by atomic mass is 10.3. The van der Waals surface area contributed by atoms with Gasteiger partial charge in [0.1, 0.15) is 5.82 Å². The van der Waals surface area contributed by atoms with E-state index in [1.165, 1.54) is 0 Å². The molecule has 1 aromatic heterocycles. The Balaban J connectivity index is 2.76.